The third-order valence-electron chi connectivity index (χ3n) is 4.17. The van der Waals surface area contributed by atoms with Crippen LogP contribution in [0.3, 0.4) is 0 Å². The third kappa shape index (κ3) is 2.60. The van der Waals surface area contributed by atoms with E-state index < -0.39 is 11.6 Å². The standard InChI is InChI=1S/C17H16ClF2N3O/c1-3-10(4-2)23-15-14(9-5-6-12(19)13(20)7-9)11(18)8-21-16(15)22-17(23)24/h5-8,10H,3-4H2,1-2H3,(H,21,22,24). The monoisotopic (exact) mass is 351 g/mol. The first-order valence-corrected chi connectivity index (χ1v) is 8.06. The van der Waals surface area contributed by atoms with Crippen molar-refractivity contribution < 1.29 is 13.9 Å². The van der Waals surface area contributed by atoms with Crippen LogP contribution in [-0.2, 0) is 0 Å². The molecule has 1 aromatic carbocycles. The molecule has 0 unspecified atom stereocenters. The van der Waals surface area contributed by atoms with Crippen LogP contribution in [0.1, 0.15) is 32.7 Å². The number of imidazole rings is 1. The lowest BCUT2D eigenvalue weighted by atomic mass is 10.0. The number of fused-ring (bicyclic) bond motifs is 1. The van der Waals surface area contributed by atoms with E-state index in [9.17, 15) is 13.9 Å². The summed E-state index contributed by atoms with van der Waals surface area (Å²) < 4.78 is 28.6. The van der Waals surface area contributed by atoms with Gasteiger partial charge < -0.3 is 5.11 Å². The second kappa shape index (κ2) is 6.36. The van der Waals surface area contributed by atoms with Crippen molar-refractivity contribution in [3.63, 3.8) is 0 Å². The number of benzene rings is 1. The molecule has 0 radical (unpaired) electrons. The zero-order valence-corrected chi connectivity index (χ0v) is 14.0. The first-order chi connectivity index (χ1) is 11.5. The number of nitrogens with zero attached hydrogens (tertiary/aromatic N) is 3. The summed E-state index contributed by atoms with van der Waals surface area (Å²) in [5.74, 6) is -1.90. The molecule has 24 heavy (non-hydrogen) atoms. The molecule has 0 saturated carbocycles. The van der Waals surface area contributed by atoms with Gasteiger partial charge in [-0.2, -0.15) is 4.98 Å². The number of hydrogen-bond donors (Lipinski definition) is 1. The van der Waals surface area contributed by atoms with Gasteiger partial charge >= 0.3 is 0 Å². The van der Waals surface area contributed by atoms with Crippen LogP contribution < -0.4 is 0 Å². The lowest BCUT2D eigenvalue weighted by molar-refractivity contribution is 0.362. The van der Waals surface area contributed by atoms with Gasteiger partial charge in [-0.25, -0.2) is 13.8 Å². The number of hydrogen-bond acceptors (Lipinski definition) is 3. The first-order valence-electron chi connectivity index (χ1n) is 7.68. The normalized spacial score (nSPS) is 11.6. The Hall–Kier alpha value is -2.21. The topological polar surface area (TPSA) is 50.9 Å². The van der Waals surface area contributed by atoms with Crippen molar-refractivity contribution in [2.24, 2.45) is 0 Å². The Labute approximate surface area is 142 Å². The van der Waals surface area contributed by atoms with E-state index >= 15 is 0 Å². The Kier molecular flexibility index (Phi) is 4.41. The Balaban J connectivity index is 2.38. The summed E-state index contributed by atoms with van der Waals surface area (Å²) >= 11 is 6.30. The summed E-state index contributed by atoms with van der Waals surface area (Å²) in [6.07, 6.45) is 2.92. The fourth-order valence-corrected chi connectivity index (χ4v) is 3.20. The predicted octanol–water partition coefficient (Wildman–Crippen LogP) is 5.10. The molecule has 1 N–H and O–H groups in total. The van der Waals surface area contributed by atoms with Gasteiger partial charge in [-0.1, -0.05) is 31.5 Å². The van der Waals surface area contributed by atoms with Gasteiger partial charge in [0, 0.05) is 17.8 Å². The van der Waals surface area contributed by atoms with Crippen LogP contribution in [0.25, 0.3) is 22.3 Å². The van der Waals surface area contributed by atoms with Crippen molar-refractivity contribution in [2.75, 3.05) is 0 Å². The van der Waals surface area contributed by atoms with Gasteiger partial charge in [0.05, 0.1) is 5.02 Å². The third-order valence-corrected chi connectivity index (χ3v) is 4.45. The van der Waals surface area contributed by atoms with E-state index in [-0.39, 0.29) is 17.1 Å². The molecule has 2 aromatic heterocycles. The highest BCUT2D eigenvalue weighted by Gasteiger charge is 2.23. The molecule has 0 aliphatic carbocycles. The average Bonchev–Trinajstić information content (AvgIpc) is 2.88. The largest absolute Gasteiger partial charge is 0.480 e. The van der Waals surface area contributed by atoms with Crippen molar-refractivity contribution in [1.82, 2.24) is 14.5 Å². The lowest BCUT2D eigenvalue weighted by Gasteiger charge is -2.18. The zero-order valence-electron chi connectivity index (χ0n) is 13.2. The molecule has 0 aliphatic rings. The molecule has 0 aliphatic heterocycles. The predicted molar refractivity (Wildman–Crippen MR) is 89.2 cm³/mol. The molecule has 2 heterocycles. The molecule has 0 saturated heterocycles. The van der Waals surface area contributed by atoms with Crippen LogP contribution in [-0.4, -0.2) is 19.6 Å². The summed E-state index contributed by atoms with van der Waals surface area (Å²) in [5.41, 5.74) is 1.70. The summed E-state index contributed by atoms with van der Waals surface area (Å²) in [6.45, 7) is 3.99. The van der Waals surface area contributed by atoms with Gasteiger partial charge in [-0.05, 0) is 30.5 Å². The van der Waals surface area contributed by atoms with Gasteiger partial charge in [-0.3, -0.25) is 4.57 Å². The molecule has 0 atom stereocenters. The minimum absolute atomic E-state index is 0.0145. The highest BCUT2D eigenvalue weighted by molar-refractivity contribution is 6.34. The molecule has 4 nitrogen and oxygen atoms in total. The van der Waals surface area contributed by atoms with Gasteiger partial charge in [0.15, 0.2) is 17.3 Å². The van der Waals surface area contributed by atoms with Crippen LogP contribution >= 0.6 is 11.6 Å². The van der Waals surface area contributed by atoms with Crippen molar-refractivity contribution in [2.45, 2.75) is 32.7 Å². The smallest absolute Gasteiger partial charge is 0.296 e. The maximum Gasteiger partial charge on any atom is 0.296 e. The van der Waals surface area contributed by atoms with Gasteiger partial charge in [-0.15, -0.1) is 0 Å². The fraction of sp³-hybridized carbons (Fsp3) is 0.294. The van der Waals surface area contributed by atoms with E-state index in [1.54, 1.807) is 4.57 Å². The number of aromatic nitrogens is 3. The minimum atomic E-state index is -0.966. The Bertz CT molecular complexity index is 906. The molecular weight excluding hydrogens is 336 g/mol. The molecule has 3 aromatic rings. The number of aromatic hydroxyl groups is 1. The van der Waals surface area contributed by atoms with E-state index in [2.05, 4.69) is 9.97 Å². The number of halogens is 3. The Morgan fingerprint density at radius 3 is 2.54 bits per heavy atom. The molecule has 0 bridgehead atoms. The van der Waals surface area contributed by atoms with Crippen LogP contribution in [0.2, 0.25) is 5.02 Å². The van der Waals surface area contributed by atoms with E-state index in [0.29, 0.717) is 22.3 Å². The quantitative estimate of drug-likeness (QED) is 0.711. The van der Waals surface area contributed by atoms with Crippen molar-refractivity contribution in [3.8, 4) is 17.1 Å². The van der Waals surface area contributed by atoms with E-state index in [4.69, 9.17) is 11.6 Å². The second-order valence-corrected chi connectivity index (χ2v) is 5.94. The number of rotatable bonds is 4. The average molecular weight is 352 g/mol. The van der Waals surface area contributed by atoms with Crippen LogP contribution in [0.15, 0.2) is 24.4 Å². The maximum atomic E-state index is 13.7. The fourth-order valence-electron chi connectivity index (χ4n) is 2.95. The van der Waals surface area contributed by atoms with Crippen molar-refractivity contribution in [1.29, 1.82) is 0 Å². The zero-order chi connectivity index (χ0) is 17.4. The van der Waals surface area contributed by atoms with E-state index in [0.717, 1.165) is 25.0 Å². The highest BCUT2D eigenvalue weighted by atomic mass is 35.5. The molecule has 0 spiro atoms. The lowest BCUT2D eigenvalue weighted by Crippen LogP contribution is -2.07. The Morgan fingerprint density at radius 2 is 1.92 bits per heavy atom. The van der Waals surface area contributed by atoms with Crippen molar-refractivity contribution >= 4 is 22.8 Å². The highest BCUT2D eigenvalue weighted by Crippen LogP contribution is 2.38. The number of pyridine rings is 1. The Morgan fingerprint density at radius 1 is 1.21 bits per heavy atom. The molecule has 126 valence electrons. The second-order valence-electron chi connectivity index (χ2n) is 5.53. The molecule has 0 amide bonds. The molecule has 3 rings (SSSR count). The molecular formula is C17H16ClF2N3O. The van der Waals surface area contributed by atoms with Gasteiger partial charge in [0.2, 0.25) is 0 Å². The van der Waals surface area contributed by atoms with Gasteiger partial charge in [0.1, 0.15) is 5.52 Å². The summed E-state index contributed by atoms with van der Waals surface area (Å²) in [4.78, 5) is 8.23. The summed E-state index contributed by atoms with van der Waals surface area (Å²) in [7, 11) is 0. The van der Waals surface area contributed by atoms with Crippen LogP contribution in [0.4, 0.5) is 8.78 Å². The molecule has 0 fully saturated rings. The summed E-state index contributed by atoms with van der Waals surface area (Å²) in [5, 5.41) is 10.5. The summed E-state index contributed by atoms with van der Waals surface area (Å²) in [6, 6.07) is 3.39. The SMILES string of the molecule is CCC(CC)n1c(O)nc2ncc(Cl)c(-c3ccc(F)c(F)c3)c21. The van der Waals surface area contributed by atoms with E-state index in [1.165, 1.54) is 12.3 Å². The molecule has 7 heteroatoms. The minimum Gasteiger partial charge on any atom is -0.480 e. The van der Waals surface area contributed by atoms with Gasteiger partial charge in [0.25, 0.3) is 6.01 Å². The van der Waals surface area contributed by atoms with E-state index in [1.807, 2.05) is 13.8 Å². The van der Waals surface area contributed by atoms with Crippen LogP contribution in [0, 0.1) is 11.6 Å². The maximum absolute atomic E-state index is 13.7. The first kappa shape index (κ1) is 16.6. The van der Waals surface area contributed by atoms with Crippen molar-refractivity contribution in [3.05, 3.63) is 41.1 Å². The van der Waals surface area contributed by atoms with Crippen LogP contribution in [0.5, 0.6) is 6.01 Å².